The molecule has 1 heterocycles. The Morgan fingerprint density at radius 3 is 2.54 bits per heavy atom. The Kier molecular flexibility index (Phi) is 7.77. The van der Waals surface area contributed by atoms with Crippen molar-refractivity contribution in [2.45, 2.75) is 20.0 Å². The summed E-state index contributed by atoms with van der Waals surface area (Å²) in [7, 11) is 1.67. The second kappa shape index (κ2) is 10.1. The molecule has 0 aliphatic heterocycles. The van der Waals surface area contributed by atoms with Gasteiger partial charge in [0.1, 0.15) is 5.75 Å². The minimum Gasteiger partial charge on any atom is -0.497 e. The molecule has 0 bridgehead atoms. The molecule has 26 heavy (non-hydrogen) atoms. The Labute approximate surface area is 171 Å². The molecule has 0 atom stereocenters. The SMILES string of the molecule is CCNC(=NCc1ccc(OC)cc1)NCc1cc2ccccc2[nH]1.I. The number of halogens is 1. The summed E-state index contributed by atoms with van der Waals surface area (Å²) in [5.74, 6) is 1.66. The van der Waals surface area contributed by atoms with Crippen LogP contribution in [0.15, 0.2) is 59.6 Å². The van der Waals surface area contributed by atoms with Gasteiger partial charge >= 0.3 is 0 Å². The Morgan fingerprint density at radius 1 is 1.08 bits per heavy atom. The third-order valence-corrected chi connectivity index (χ3v) is 3.96. The molecule has 0 unspecified atom stereocenters. The molecule has 0 saturated carbocycles. The van der Waals surface area contributed by atoms with Crippen molar-refractivity contribution in [3.8, 4) is 5.75 Å². The summed E-state index contributed by atoms with van der Waals surface area (Å²) in [5, 5.41) is 7.88. The lowest BCUT2D eigenvalue weighted by Gasteiger charge is -2.10. The molecule has 3 aromatic rings. The van der Waals surface area contributed by atoms with Gasteiger partial charge in [-0.3, -0.25) is 0 Å². The normalized spacial score (nSPS) is 11.1. The van der Waals surface area contributed by atoms with Crippen molar-refractivity contribution in [1.82, 2.24) is 15.6 Å². The van der Waals surface area contributed by atoms with E-state index in [-0.39, 0.29) is 24.0 Å². The lowest BCUT2D eigenvalue weighted by molar-refractivity contribution is 0.414. The molecule has 0 amide bonds. The van der Waals surface area contributed by atoms with Crippen LogP contribution >= 0.6 is 24.0 Å². The molecular weight excluding hydrogens is 439 g/mol. The number of nitrogens with one attached hydrogen (secondary N) is 3. The number of aromatic amines is 1. The molecule has 0 radical (unpaired) electrons. The Morgan fingerprint density at radius 2 is 1.85 bits per heavy atom. The van der Waals surface area contributed by atoms with E-state index >= 15 is 0 Å². The molecule has 3 N–H and O–H groups in total. The van der Waals surface area contributed by atoms with Crippen molar-refractivity contribution in [2.75, 3.05) is 13.7 Å². The van der Waals surface area contributed by atoms with Crippen LogP contribution in [0.25, 0.3) is 10.9 Å². The molecule has 3 rings (SSSR count). The van der Waals surface area contributed by atoms with Crippen LogP contribution in [0, 0.1) is 0 Å². The van der Waals surface area contributed by atoms with Crippen LogP contribution < -0.4 is 15.4 Å². The molecule has 0 spiro atoms. The van der Waals surface area contributed by atoms with E-state index in [9.17, 15) is 0 Å². The highest BCUT2D eigenvalue weighted by molar-refractivity contribution is 14.0. The van der Waals surface area contributed by atoms with E-state index in [0.29, 0.717) is 13.1 Å². The minimum atomic E-state index is 0. The van der Waals surface area contributed by atoms with Crippen molar-refractivity contribution < 1.29 is 4.74 Å². The Hall–Kier alpha value is -2.22. The van der Waals surface area contributed by atoms with Gasteiger partial charge in [0.2, 0.25) is 0 Å². The first kappa shape index (κ1) is 20.1. The van der Waals surface area contributed by atoms with E-state index in [0.717, 1.165) is 35.0 Å². The first-order valence-electron chi connectivity index (χ1n) is 8.50. The van der Waals surface area contributed by atoms with Gasteiger partial charge in [0.15, 0.2) is 5.96 Å². The van der Waals surface area contributed by atoms with Crippen LogP contribution in [0.3, 0.4) is 0 Å². The number of aromatic nitrogens is 1. The number of para-hydroxylation sites is 1. The van der Waals surface area contributed by atoms with Gasteiger partial charge in [-0.2, -0.15) is 0 Å². The van der Waals surface area contributed by atoms with Crippen LogP contribution in [-0.2, 0) is 13.1 Å². The molecule has 6 heteroatoms. The number of guanidine groups is 1. The van der Waals surface area contributed by atoms with Crippen LogP contribution in [0.4, 0.5) is 0 Å². The number of fused-ring (bicyclic) bond motifs is 1. The summed E-state index contributed by atoms with van der Waals surface area (Å²) in [4.78, 5) is 8.07. The number of ether oxygens (including phenoxy) is 1. The zero-order chi connectivity index (χ0) is 17.5. The molecule has 1 aromatic heterocycles. The van der Waals surface area contributed by atoms with Crippen molar-refractivity contribution in [3.05, 3.63) is 65.9 Å². The van der Waals surface area contributed by atoms with Gasteiger partial charge in [-0.15, -0.1) is 24.0 Å². The zero-order valence-electron chi connectivity index (χ0n) is 15.1. The average molecular weight is 464 g/mol. The van der Waals surface area contributed by atoms with Gasteiger partial charge in [0, 0.05) is 17.8 Å². The van der Waals surface area contributed by atoms with Crippen LogP contribution in [0.5, 0.6) is 5.75 Å². The number of hydrogen-bond donors (Lipinski definition) is 3. The largest absolute Gasteiger partial charge is 0.497 e. The second-order valence-electron chi connectivity index (χ2n) is 5.78. The van der Waals surface area contributed by atoms with Crippen LogP contribution in [0.2, 0.25) is 0 Å². The number of rotatable bonds is 6. The predicted octanol–water partition coefficient (Wildman–Crippen LogP) is 4.05. The van der Waals surface area contributed by atoms with E-state index in [2.05, 4.69) is 45.7 Å². The molecule has 5 nitrogen and oxygen atoms in total. The quantitative estimate of drug-likeness (QED) is 0.293. The highest BCUT2D eigenvalue weighted by Gasteiger charge is 2.02. The van der Waals surface area contributed by atoms with Gasteiger partial charge < -0.3 is 20.4 Å². The highest BCUT2D eigenvalue weighted by Crippen LogP contribution is 2.14. The van der Waals surface area contributed by atoms with Crippen LogP contribution in [-0.4, -0.2) is 24.6 Å². The average Bonchev–Trinajstić information content (AvgIpc) is 3.07. The molecule has 0 aliphatic carbocycles. The third-order valence-electron chi connectivity index (χ3n) is 3.96. The Balaban J connectivity index is 0.00000243. The second-order valence-corrected chi connectivity index (χ2v) is 5.78. The maximum absolute atomic E-state index is 5.18. The van der Waals surface area contributed by atoms with E-state index in [1.54, 1.807) is 7.11 Å². The summed E-state index contributed by atoms with van der Waals surface area (Å²) in [5.41, 5.74) is 3.43. The van der Waals surface area contributed by atoms with Gasteiger partial charge in [-0.1, -0.05) is 30.3 Å². The minimum absolute atomic E-state index is 0. The van der Waals surface area contributed by atoms with Crippen LogP contribution in [0.1, 0.15) is 18.2 Å². The van der Waals surface area contributed by atoms with Crippen molar-refractivity contribution in [3.63, 3.8) is 0 Å². The molecular formula is C20H25IN4O. The van der Waals surface area contributed by atoms with Gasteiger partial charge in [0.25, 0.3) is 0 Å². The maximum Gasteiger partial charge on any atom is 0.191 e. The fraction of sp³-hybridized carbons (Fsp3) is 0.250. The van der Waals surface area contributed by atoms with Gasteiger partial charge in [0.05, 0.1) is 20.2 Å². The number of hydrogen-bond acceptors (Lipinski definition) is 2. The number of methoxy groups -OCH3 is 1. The van der Waals surface area contributed by atoms with Gasteiger partial charge in [-0.25, -0.2) is 4.99 Å². The molecule has 2 aromatic carbocycles. The van der Waals surface area contributed by atoms with Crippen molar-refractivity contribution in [1.29, 1.82) is 0 Å². The fourth-order valence-electron chi connectivity index (χ4n) is 2.65. The first-order valence-corrected chi connectivity index (χ1v) is 8.50. The standard InChI is InChI=1S/C20H24N4O.HI/c1-3-21-20(22-13-15-8-10-18(25-2)11-9-15)23-14-17-12-16-6-4-5-7-19(16)24-17;/h4-12,24H,3,13-14H2,1-2H3,(H2,21,22,23);1H. The summed E-state index contributed by atoms with van der Waals surface area (Å²) in [6.45, 7) is 4.20. The number of aliphatic imine (C=N–C) groups is 1. The number of H-pyrrole nitrogens is 1. The molecule has 138 valence electrons. The van der Waals surface area contributed by atoms with Crippen molar-refractivity contribution in [2.24, 2.45) is 4.99 Å². The lowest BCUT2D eigenvalue weighted by Crippen LogP contribution is -2.36. The number of benzene rings is 2. The fourth-order valence-corrected chi connectivity index (χ4v) is 2.65. The maximum atomic E-state index is 5.18. The zero-order valence-corrected chi connectivity index (χ0v) is 17.4. The topological polar surface area (TPSA) is 61.4 Å². The Bertz CT molecular complexity index is 809. The predicted molar refractivity (Wildman–Crippen MR) is 118 cm³/mol. The van der Waals surface area contributed by atoms with Gasteiger partial charge in [-0.05, 0) is 42.1 Å². The summed E-state index contributed by atoms with van der Waals surface area (Å²) < 4.78 is 5.18. The van der Waals surface area contributed by atoms with E-state index < -0.39 is 0 Å². The third kappa shape index (κ3) is 5.39. The van der Waals surface area contributed by atoms with E-state index in [1.165, 1.54) is 5.39 Å². The summed E-state index contributed by atoms with van der Waals surface area (Å²) >= 11 is 0. The monoisotopic (exact) mass is 464 g/mol. The summed E-state index contributed by atoms with van der Waals surface area (Å²) in [6.07, 6.45) is 0. The number of nitrogens with zero attached hydrogens (tertiary/aromatic N) is 1. The molecule has 0 aliphatic rings. The van der Waals surface area contributed by atoms with Crippen molar-refractivity contribution >= 4 is 40.8 Å². The van der Waals surface area contributed by atoms with E-state index in [4.69, 9.17) is 4.74 Å². The smallest absolute Gasteiger partial charge is 0.191 e. The highest BCUT2D eigenvalue weighted by atomic mass is 127. The molecule has 0 saturated heterocycles. The summed E-state index contributed by atoms with van der Waals surface area (Å²) in [6, 6.07) is 18.4. The molecule has 0 fully saturated rings. The van der Waals surface area contributed by atoms with E-state index in [1.807, 2.05) is 36.4 Å². The first-order chi connectivity index (χ1) is 12.3. The lowest BCUT2D eigenvalue weighted by atomic mass is 10.2.